The number of anilines is 1. The molecule has 1 aliphatic carbocycles. The fraction of sp³-hybridized carbons (Fsp3) is 0.333. The number of hydrogen-bond donors (Lipinski definition) is 3. The Morgan fingerprint density at radius 3 is 2.15 bits per heavy atom. The molecule has 0 aromatic heterocycles. The van der Waals surface area contributed by atoms with E-state index >= 15 is 0 Å². The van der Waals surface area contributed by atoms with E-state index in [0.717, 1.165) is 31.4 Å². The van der Waals surface area contributed by atoms with Crippen molar-refractivity contribution in [3.8, 4) is 0 Å². The van der Waals surface area contributed by atoms with Crippen LogP contribution in [-0.4, -0.2) is 28.2 Å². The summed E-state index contributed by atoms with van der Waals surface area (Å²) in [5, 5.41) is 22.7. The van der Waals surface area contributed by atoms with Gasteiger partial charge in [-0.15, -0.1) is 0 Å². The molecule has 0 aliphatic heterocycles. The third kappa shape index (κ3) is 4.11. The third-order valence-electron chi connectivity index (χ3n) is 4.96. The number of aromatic carboxylic acids is 1. The second-order valence-electron chi connectivity index (χ2n) is 6.74. The van der Waals surface area contributed by atoms with Crippen molar-refractivity contribution in [1.82, 2.24) is 0 Å². The lowest BCUT2D eigenvalue weighted by Crippen LogP contribution is -2.30. The number of benzene rings is 2. The van der Waals surface area contributed by atoms with Gasteiger partial charge in [-0.1, -0.05) is 37.5 Å². The van der Waals surface area contributed by atoms with Gasteiger partial charge in [0.25, 0.3) is 0 Å². The molecule has 1 aliphatic rings. The topological polar surface area (TPSA) is 86.6 Å². The molecule has 136 valence electrons. The number of carboxylic acids is 1. The molecule has 1 saturated carbocycles. The van der Waals surface area contributed by atoms with Crippen molar-refractivity contribution in [2.75, 3.05) is 5.32 Å². The zero-order valence-corrected chi connectivity index (χ0v) is 14.5. The Morgan fingerprint density at radius 1 is 0.923 bits per heavy atom. The van der Waals surface area contributed by atoms with Gasteiger partial charge in [-0.25, -0.2) is 4.79 Å². The number of ketones is 1. The van der Waals surface area contributed by atoms with Crippen LogP contribution in [0.15, 0.2) is 48.5 Å². The second kappa shape index (κ2) is 8.15. The highest BCUT2D eigenvalue weighted by atomic mass is 16.4. The van der Waals surface area contributed by atoms with Gasteiger partial charge in [-0.3, -0.25) is 4.79 Å². The van der Waals surface area contributed by atoms with E-state index in [4.69, 9.17) is 0 Å². The van der Waals surface area contributed by atoms with Crippen LogP contribution in [0.2, 0.25) is 0 Å². The van der Waals surface area contributed by atoms with Gasteiger partial charge in [0.1, 0.15) is 6.23 Å². The van der Waals surface area contributed by atoms with Gasteiger partial charge < -0.3 is 15.5 Å². The molecule has 3 N–H and O–H groups in total. The minimum Gasteiger partial charge on any atom is -0.478 e. The summed E-state index contributed by atoms with van der Waals surface area (Å²) in [6, 6.07) is 13.0. The van der Waals surface area contributed by atoms with Crippen LogP contribution in [0.5, 0.6) is 0 Å². The number of carbonyl (C=O) groups is 2. The molecule has 1 atom stereocenters. The Kier molecular flexibility index (Phi) is 5.68. The molecule has 0 amide bonds. The van der Waals surface area contributed by atoms with Crippen LogP contribution in [0.3, 0.4) is 0 Å². The van der Waals surface area contributed by atoms with Crippen LogP contribution in [0.4, 0.5) is 5.69 Å². The minimum atomic E-state index is -1.12. The lowest BCUT2D eigenvalue weighted by Gasteiger charge is -2.27. The normalized spacial score (nSPS) is 16.0. The largest absolute Gasteiger partial charge is 0.478 e. The van der Waals surface area contributed by atoms with Gasteiger partial charge in [-0.2, -0.15) is 0 Å². The summed E-state index contributed by atoms with van der Waals surface area (Å²) >= 11 is 0. The summed E-state index contributed by atoms with van der Waals surface area (Å²) in [7, 11) is 0. The fourth-order valence-electron chi connectivity index (χ4n) is 3.48. The smallest absolute Gasteiger partial charge is 0.336 e. The van der Waals surface area contributed by atoms with E-state index in [1.54, 1.807) is 36.4 Å². The molecule has 0 heterocycles. The number of hydrogen-bond acceptors (Lipinski definition) is 4. The highest BCUT2D eigenvalue weighted by Gasteiger charge is 2.22. The maximum atomic E-state index is 12.6. The Labute approximate surface area is 152 Å². The monoisotopic (exact) mass is 353 g/mol. The summed E-state index contributed by atoms with van der Waals surface area (Å²) in [6.07, 6.45) is 5.00. The molecule has 2 aromatic carbocycles. The molecule has 3 rings (SSSR count). The quantitative estimate of drug-likeness (QED) is 0.541. The summed E-state index contributed by atoms with van der Waals surface area (Å²) < 4.78 is 0. The first-order chi connectivity index (χ1) is 12.6. The van der Waals surface area contributed by atoms with Crippen molar-refractivity contribution < 1.29 is 19.8 Å². The van der Waals surface area contributed by atoms with Crippen LogP contribution in [-0.2, 0) is 0 Å². The highest BCUT2D eigenvalue weighted by Crippen LogP contribution is 2.27. The van der Waals surface area contributed by atoms with Crippen LogP contribution < -0.4 is 5.32 Å². The van der Waals surface area contributed by atoms with Crippen molar-refractivity contribution in [3.63, 3.8) is 0 Å². The van der Waals surface area contributed by atoms with Gasteiger partial charge in [0.2, 0.25) is 0 Å². The van der Waals surface area contributed by atoms with Crippen molar-refractivity contribution in [2.24, 2.45) is 5.92 Å². The van der Waals surface area contributed by atoms with Crippen LogP contribution in [0.1, 0.15) is 58.4 Å². The average Bonchev–Trinajstić information content (AvgIpc) is 2.68. The van der Waals surface area contributed by atoms with Gasteiger partial charge in [0, 0.05) is 22.7 Å². The standard InChI is InChI=1S/C21H23NO4/c23-19(17-8-4-5-9-18(17)21(25)26)14-10-12-16(13-11-14)22-20(24)15-6-2-1-3-7-15/h4-5,8-13,15,20,22,24H,1-3,6-7H2,(H,25,26). The molecule has 5 nitrogen and oxygen atoms in total. The van der Waals surface area contributed by atoms with E-state index in [-0.39, 0.29) is 22.8 Å². The number of rotatable bonds is 6. The molecule has 0 saturated heterocycles. The molecular weight excluding hydrogens is 330 g/mol. The van der Waals surface area contributed by atoms with Crippen LogP contribution >= 0.6 is 0 Å². The summed E-state index contributed by atoms with van der Waals surface area (Å²) in [6.45, 7) is 0. The first-order valence-electron chi connectivity index (χ1n) is 8.98. The van der Waals surface area contributed by atoms with E-state index in [1.165, 1.54) is 18.6 Å². The Bertz CT molecular complexity index is 779. The maximum absolute atomic E-state index is 12.6. The van der Waals surface area contributed by atoms with E-state index in [0.29, 0.717) is 5.56 Å². The van der Waals surface area contributed by atoms with Crippen molar-refractivity contribution in [3.05, 3.63) is 65.2 Å². The predicted octanol–water partition coefficient (Wildman–Crippen LogP) is 3.93. The van der Waals surface area contributed by atoms with Crippen molar-refractivity contribution in [1.29, 1.82) is 0 Å². The lowest BCUT2D eigenvalue weighted by atomic mass is 9.88. The number of carboxylic acid groups (broad SMARTS) is 1. The molecule has 1 unspecified atom stereocenters. The molecule has 0 radical (unpaired) electrons. The number of carbonyl (C=O) groups excluding carboxylic acids is 1. The van der Waals surface area contributed by atoms with Crippen molar-refractivity contribution in [2.45, 2.75) is 38.3 Å². The van der Waals surface area contributed by atoms with E-state index < -0.39 is 12.2 Å². The summed E-state index contributed by atoms with van der Waals surface area (Å²) in [5.41, 5.74) is 1.32. The number of nitrogens with one attached hydrogen (secondary N) is 1. The Morgan fingerprint density at radius 2 is 1.54 bits per heavy atom. The van der Waals surface area contributed by atoms with Crippen LogP contribution in [0, 0.1) is 5.92 Å². The zero-order valence-electron chi connectivity index (χ0n) is 14.5. The first kappa shape index (κ1) is 18.1. The SMILES string of the molecule is O=C(O)c1ccccc1C(=O)c1ccc(NC(O)C2CCCCC2)cc1. The Balaban J connectivity index is 1.71. The molecule has 26 heavy (non-hydrogen) atoms. The minimum absolute atomic E-state index is 0.00702. The van der Waals surface area contributed by atoms with E-state index in [9.17, 15) is 19.8 Å². The zero-order chi connectivity index (χ0) is 18.5. The van der Waals surface area contributed by atoms with E-state index in [2.05, 4.69) is 5.32 Å². The molecule has 2 aromatic rings. The molecule has 1 fully saturated rings. The van der Waals surface area contributed by atoms with Gasteiger partial charge in [0.15, 0.2) is 5.78 Å². The van der Waals surface area contributed by atoms with Gasteiger partial charge in [-0.05, 0) is 43.2 Å². The third-order valence-corrected chi connectivity index (χ3v) is 4.96. The number of aliphatic hydroxyl groups excluding tert-OH is 1. The van der Waals surface area contributed by atoms with Crippen LogP contribution in [0.25, 0.3) is 0 Å². The first-order valence-corrected chi connectivity index (χ1v) is 8.98. The van der Waals surface area contributed by atoms with E-state index in [1.807, 2.05) is 0 Å². The molecule has 0 bridgehead atoms. The average molecular weight is 353 g/mol. The predicted molar refractivity (Wildman–Crippen MR) is 99.5 cm³/mol. The maximum Gasteiger partial charge on any atom is 0.336 e. The van der Waals surface area contributed by atoms with Gasteiger partial charge >= 0.3 is 5.97 Å². The number of aliphatic hydroxyl groups is 1. The van der Waals surface area contributed by atoms with Gasteiger partial charge in [0.05, 0.1) is 5.56 Å². The Hall–Kier alpha value is -2.66. The summed E-state index contributed by atoms with van der Waals surface area (Å²) in [5.74, 6) is -1.20. The second-order valence-corrected chi connectivity index (χ2v) is 6.74. The highest BCUT2D eigenvalue weighted by molar-refractivity contribution is 6.14. The molecule has 5 heteroatoms. The summed E-state index contributed by atoms with van der Waals surface area (Å²) in [4.78, 5) is 23.9. The fourth-order valence-corrected chi connectivity index (χ4v) is 3.48. The molecule has 0 spiro atoms. The van der Waals surface area contributed by atoms with Crippen molar-refractivity contribution >= 4 is 17.4 Å². The molecular formula is C21H23NO4. The lowest BCUT2D eigenvalue weighted by molar-refractivity contribution is 0.0692.